The standard InChI is InChI=1S/C13H24O3/c1-10(2)11-4-6-13(3,7-5-11)16-9-12(15)8-14/h8,10-11,14-15H,4-7,9H2,1-3H3. The number of hydrogen-bond acceptors (Lipinski definition) is 3. The second-order valence-corrected chi connectivity index (χ2v) is 5.44. The molecular weight excluding hydrogens is 204 g/mol. The quantitative estimate of drug-likeness (QED) is 0.723. The maximum absolute atomic E-state index is 9.13. The molecule has 1 saturated carbocycles. The zero-order valence-corrected chi connectivity index (χ0v) is 10.6. The summed E-state index contributed by atoms with van der Waals surface area (Å²) in [6.45, 7) is 6.75. The minimum absolute atomic E-state index is 0.104. The summed E-state index contributed by atoms with van der Waals surface area (Å²) in [5.74, 6) is 1.45. The Bertz CT molecular complexity index is 238. The maximum Gasteiger partial charge on any atom is 0.152 e. The van der Waals surface area contributed by atoms with E-state index in [1.165, 1.54) is 12.8 Å². The van der Waals surface area contributed by atoms with E-state index in [0.29, 0.717) is 6.26 Å². The molecule has 0 amide bonds. The Morgan fingerprint density at radius 2 is 2.00 bits per heavy atom. The van der Waals surface area contributed by atoms with Crippen molar-refractivity contribution in [3.8, 4) is 0 Å². The van der Waals surface area contributed by atoms with E-state index in [1.54, 1.807) is 0 Å². The molecule has 0 bridgehead atoms. The van der Waals surface area contributed by atoms with Crippen molar-refractivity contribution in [2.45, 2.75) is 52.1 Å². The van der Waals surface area contributed by atoms with E-state index in [4.69, 9.17) is 14.9 Å². The predicted octanol–water partition coefficient (Wildman–Crippen LogP) is 3.57. The second kappa shape index (κ2) is 5.58. The molecule has 0 unspecified atom stereocenters. The van der Waals surface area contributed by atoms with Gasteiger partial charge in [-0.1, -0.05) is 13.8 Å². The number of aliphatic hydroxyl groups excluding tert-OH is 2. The van der Waals surface area contributed by atoms with E-state index in [-0.39, 0.29) is 18.0 Å². The van der Waals surface area contributed by atoms with Crippen LogP contribution in [0.5, 0.6) is 0 Å². The molecule has 1 rings (SSSR count). The van der Waals surface area contributed by atoms with E-state index in [0.717, 1.165) is 24.7 Å². The normalized spacial score (nSPS) is 32.0. The summed E-state index contributed by atoms with van der Waals surface area (Å²) in [6.07, 6.45) is 5.15. The summed E-state index contributed by atoms with van der Waals surface area (Å²) in [5.41, 5.74) is -0.137. The van der Waals surface area contributed by atoms with Gasteiger partial charge in [-0.15, -0.1) is 0 Å². The Kier molecular flexibility index (Phi) is 4.66. The summed E-state index contributed by atoms with van der Waals surface area (Å²) in [4.78, 5) is 0. The first-order valence-corrected chi connectivity index (χ1v) is 6.13. The van der Waals surface area contributed by atoms with Crippen molar-refractivity contribution in [3.63, 3.8) is 0 Å². The van der Waals surface area contributed by atoms with Gasteiger partial charge in [-0.2, -0.15) is 0 Å². The summed E-state index contributed by atoms with van der Waals surface area (Å²) in [5, 5.41) is 17.7. The number of aliphatic hydroxyl groups is 2. The average Bonchev–Trinajstić information content (AvgIpc) is 2.26. The Morgan fingerprint density at radius 1 is 1.44 bits per heavy atom. The van der Waals surface area contributed by atoms with Gasteiger partial charge >= 0.3 is 0 Å². The van der Waals surface area contributed by atoms with Gasteiger partial charge in [-0.25, -0.2) is 0 Å². The molecule has 0 aromatic rings. The van der Waals surface area contributed by atoms with Crippen molar-refractivity contribution in [1.29, 1.82) is 0 Å². The molecule has 0 radical (unpaired) electrons. The minimum Gasteiger partial charge on any atom is -0.512 e. The van der Waals surface area contributed by atoms with Crippen LogP contribution >= 0.6 is 0 Å². The van der Waals surface area contributed by atoms with Crippen LogP contribution in [0, 0.1) is 11.8 Å². The molecule has 2 N–H and O–H groups in total. The molecule has 0 spiro atoms. The third-order valence-electron chi connectivity index (χ3n) is 3.75. The van der Waals surface area contributed by atoms with Crippen molar-refractivity contribution < 1.29 is 14.9 Å². The van der Waals surface area contributed by atoms with Crippen LogP contribution in [0.1, 0.15) is 46.5 Å². The SMILES string of the molecule is CC(C)C1CCC(C)(OCC(O)=CO)CC1. The zero-order valence-electron chi connectivity index (χ0n) is 10.6. The van der Waals surface area contributed by atoms with Gasteiger partial charge < -0.3 is 14.9 Å². The minimum atomic E-state index is -0.137. The number of ether oxygens (including phenoxy) is 1. The van der Waals surface area contributed by atoms with Gasteiger partial charge in [0, 0.05) is 0 Å². The lowest BCUT2D eigenvalue weighted by Gasteiger charge is -2.38. The van der Waals surface area contributed by atoms with Crippen molar-refractivity contribution >= 4 is 0 Å². The monoisotopic (exact) mass is 228 g/mol. The summed E-state index contributed by atoms with van der Waals surface area (Å²) >= 11 is 0. The smallest absolute Gasteiger partial charge is 0.152 e. The Balaban J connectivity index is 2.38. The average molecular weight is 228 g/mol. The van der Waals surface area contributed by atoms with Crippen molar-refractivity contribution in [2.24, 2.45) is 11.8 Å². The van der Waals surface area contributed by atoms with E-state index in [9.17, 15) is 0 Å². The fourth-order valence-electron chi connectivity index (χ4n) is 2.35. The van der Waals surface area contributed by atoms with Gasteiger partial charge in [0.1, 0.15) is 12.9 Å². The molecule has 0 atom stereocenters. The first kappa shape index (κ1) is 13.4. The highest BCUT2D eigenvalue weighted by Crippen LogP contribution is 2.37. The van der Waals surface area contributed by atoms with E-state index in [1.807, 2.05) is 0 Å². The Hall–Kier alpha value is -0.700. The van der Waals surface area contributed by atoms with Crippen LogP contribution < -0.4 is 0 Å². The molecule has 0 heterocycles. The van der Waals surface area contributed by atoms with Crippen molar-refractivity contribution in [3.05, 3.63) is 12.0 Å². The second-order valence-electron chi connectivity index (χ2n) is 5.44. The summed E-state index contributed by atoms with van der Waals surface area (Å²) in [6, 6.07) is 0. The van der Waals surface area contributed by atoms with Crippen LogP contribution in [-0.4, -0.2) is 22.4 Å². The third kappa shape index (κ3) is 3.71. The molecule has 16 heavy (non-hydrogen) atoms. The van der Waals surface area contributed by atoms with Crippen molar-refractivity contribution in [1.82, 2.24) is 0 Å². The molecule has 3 heteroatoms. The fourth-order valence-corrected chi connectivity index (χ4v) is 2.35. The molecule has 3 nitrogen and oxygen atoms in total. The van der Waals surface area contributed by atoms with Crippen LogP contribution in [0.25, 0.3) is 0 Å². The van der Waals surface area contributed by atoms with E-state index < -0.39 is 0 Å². The Labute approximate surface area is 98.1 Å². The first-order valence-electron chi connectivity index (χ1n) is 6.13. The van der Waals surface area contributed by atoms with Crippen molar-refractivity contribution in [2.75, 3.05) is 6.61 Å². The molecular formula is C13H24O3. The van der Waals surface area contributed by atoms with Gasteiger partial charge in [0.15, 0.2) is 5.76 Å². The predicted molar refractivity (Wildman–Crippen MR) is 64.5 cm³/mol. The number of hydrogen-bond donors (Lipinski definition) is 2. The molecule has 1 fully saturated rings. The third-order valence-corrected chi connectivity index (χ3v) is 3.75. The van der Waals surface area contributed by atoms with Gasteiger partial charge in [0.2, 0.25) is 0 Å². The molecule has 94 valence electrons. The van der Waals surface area contributed by atoms with Crippen LogP contribution in [0.3, 0.4) is 0 Å². The van der Waals surface area contributed by atoms with Crippen LogP contribution in [0.4, 0.5) is 0 Å². The summed E-state index contributed by atoms with van der Waals surface area (Å²) < 4.78 is 5.67. The van der Waals surface area contributed by atoms with Crippen LogP contribution in [0.15, 0.2) is 12.0 Å². The lowest BCUT2D eigenvalue weighted by molar-refractivity contribution is -0.0665. The maximum atomic E-state index is 9.13. The molecule has 0 aromatic carbocycles. The molecule has 0 aromatic heterocycles. The van der Waals surface area contributed by atoms with Gasteiger partial charge in [-0.3, -0.25) is 0 Å². The molecule has 1 aliphatic rings. The lowest BCUT2D eigenvalue weighted by Crippen LogP contribution is -2.35. The molecule has 0 aliphatic heterocycles. The molecule has 0 saturated heterocycles. The first-order chi connectivity index (χ1) is 7.47. The highest BCUT2D eigenvalue weighted by atomic mass is 16.5. The van der Waals surface area contributed by atoms with Gasteiger partial charge in [0.25, 0.3) is 0 Å². The highest BCUT2D eigenvalue weighted by molar-refractivity contribution is 4.88. The largest absolute Gasteiger partial charge is 0.512 e. The lowest BCUT2D eigenvalue weighted by atomic mass is 9.75. The van der Waals surface area contributed by atoms with Crippen LogP contribution in [0.2, 0.25) is 0 Å². The Morgan fingerprint density at radius 3 is 2.44 bits per heavy atom. The van der Waals surface area contributed by atoms with E-state index in [2.05, 4.69) is 20.8 Å². The van der Waals surface area contributed by atoms with E-state index >= 15 is 0 Å². The number of rotatable bonds is 4. The van der Waals surface area contributed by atoms with Gasteiger partial charge in [-0.05, 0) is 44.4 Å². The summed E-state index contributed by atoms with van der Waals surface area (Å²) in [7, 11) is 0. The van der Waals surface area contributed by atoms with Crippen LogP contribution in [-0.2, 0) is 4.74 Å². The topological polar surface area (TPSA) is 49.7 Å². The van der Waals surface area contributed by atoms with Gasteiger partial charge in [0.05, 0.1) is 5.60 Å². The molecule has 1 aliphatic carbocycles. The highest BCUT2D eigenvalue weighted by Gasteiger charge is 2.32. The fraction of sp³-hybridized carbons (Fsp3) is 0.846. The zero-order chi connectivity index (χ0) is 12.2.